The molecule has 1 aromatic carbocycles. The van der Waals surface area contributed by atoms with Gasteiger partial charge in [0.15, 0.2) is 0 Å². The van der Waals surface area contributed by atoms with Crippen LogP contribution < -0.4 is 5.32 Å². The zero-order chi connectivity index (χ0) is 13.3. The summed E-state index contributed by atoms with van der Waals surface area (Å²) in [6, 6.07) is 7.48. The van der Waals surface area contributed by atoms with Crippen molar-refractivity contribution >= 4 is 5.69 Å². The Balaban J connectivity index is 1.68. The first-order valence-electron chi connectivity index (χ1n) is 7.71. The Morgan fingerprint density at radius 2 is 2.16 bits per heavy atom. The van der Waals surface area contributed by atoms with Gasteiger partial charge in [0.2, 0.25) is 0 Å². The minimum absolute atomic E-state index is 0.0621. The second-order valence-electron chi connectivity index (χ2n) is 6.32. The van der Waals surface area contributed by atoms with Crippen LogP contribution in [-0.4, -0.2) is 18.2 Å². The first kappa shape index (κ1) is 13.0. The standard InChI is InChI=1S/C17H25NO/c1-3-17(2)12-16(9-10-19-17)18-15-8-7-13-5-4-6-14(13)11-15/h7-8,11,16,18H,3-6,9-10,12H2,1-2H3. The number of hydrogen-bond donors (Lipinski definition) is 1. The summed E-state index contributed by atoms with van der Waals surface area (Å²) in [7, 11) is 0. The zero-order valence-electron chi connectivity index (χ0n) is 12.2. The van der Waals surface area contributed by atoms with Gasteiger partial charge in [-0.15, -0.1) is 0 Å². The quantitative estimate of drug-likeness (QED) is 0.888. The number of rotatable bonds is 3. The van der Waals surface area contributed by atoms with Gasteiger partial charge in [0.25, 0.3) is 0 Å². The molecule has 1 heterocycles. The fraction of sp³-hybridized carbons (Fsp3) is 0.647. The number of aryl methyl sites for hydroxylation is 2. The monoisotopic (exact) mass is 259 g/mol. The molecule has 0 spiro atoms. The number of ether oxygens (including phenoxy) is 1. The molecule has 0 amide bonds. The highest BCUT2D eigenvalue weighted by molar-refractivity contribution is 5.50. The van der Waals surface area contributed by atoms with E-state index in [0.717, 1.165) is 25.9 Å². The topological polar surface area (TPSA) is 21.3 Å². The molecule has 0 saturated carbocycles. The van der Waals surface area contributed by atoms with Gasteiger partial charge >= 0.3 is 0 Å². The summed E-state index contributed by atoms with van der Waals surface area (Å²) in [5, 5.41) is 3.72. The van der Waals surface area contributed by atoms with Crippen molar-refractivity contribution in [2.24, 2.45) is 0 Å². The van der Waals surface area contributed by atoms with Crippen LogP contribution in [0.25, 0.3) is 0 Å². The van der Waals surface area contributed by atoms with E-state index in [4.69, 9.17) is 4.74 Å². The zero-order valence-corrected chi connectivity index (χ0v) is 12.2. The van der Waals surface area contributed by atoms with Gasteiger partial charge in [-0.25, -0.2) is 0 Å². The highest BCUT2D eigenvalue weighted by Gasteiger charge is 2.31. The predicted octanol–water partition coefficient (Wildman–Crippen LogP) is 3.93. The molecule has 1 N–H and O–H groups in total. The lowest BCUT2D eigenvalue weighted by Crippen LogP contribution is -2.41. The normalized spacial score (nSPS) is 30.1. The summed E-state index contributed by atoms with van der Waals surface area (Å²) in [4.78, 5) is 0. The van der Waals surface area contributed by atoms with Crippen molar-refractivity contribution in [3.63, 3.8) is 0 Å². The van der Waals surface area contributed by atoms with Gasteiger partial charge in [-0.05, 0) is 68.7 Å². The van der Waals surface area contributed by atoms with Gasteiger partial charge in [0.05, 0.1) is 5.60 Å². The van der Waals surface area contributed by atoms with Crippen LogP contribution in [0.3, 0.4) is 0 Å². The van der Waals surface area contributed by atoms with Gasteiger partial charge in [-0.1, -0.05) is 13.0 Å². The van der Waals surface area contributed by atoms with Crippen molar-refractivity contribution in [3.8, 4) is 0 Å². The Hall–Kier alpha value is -1.02. The lowest BCUT2D eigenvalue weighted by atomic mass is 9.89. The van der Waals surface area contributed by atoms with E-state index in [2.05, 4.69) is 37.4 Å². The number of fused-ring (bicyclic) bond motifs is 1. The summed E-state index contributed by atoms with van der Waals surface area (Å²) in [5.41, 5.74) is 4.46. The maximum atomic E-state index is 5.92. The van der Waals surface area contributed by atoms with Crippen LogP contribution in [0, 0.1) is 0 Å². The van der Waals surface area contributed by atoms with Crippen molar-refractivity contribution in [1.82, 2.24) is 0 Å². The lowest BCUT2D eigenvalue weighted by Gasteiger charge is -2.38. The second kappa shape index (κ2) is 5.16. The molecule has 1 saturated heterocycles. The number of benzene rings is 1. The van der Waals surface area contributed by atoms with Gasteiger partial charge in [-0.2, -0.15) is 0 Å². The molecule has 1 aliphatic heterocycles. The molecular weight excluding hydrogens is 234 g/mol. The van der Waals surface area contributed by atoms with Gasteiger partial charge in [0.1, 0.15) is 0 Å². The highest BCUT2D eigenvalue weighted by Crippen LogP contribution is 2.31. The van der Waals surface area contributed by atoms with Crippen molar-refractivity contribution < 1.29 is 4.74 Å². The molecule has 0 aromatic heterocycles. The van der Waals surface area contributed by atoms with E-state index in [-0.39, 0.29) is 5.60 Å². The van der Waals surface area contributed by atoms with Crippen LogP contribution in [0.5, 0.6) is 0 Å². The van der Waals surface area contributed by atoms with E-state index >= 15 is 0 Å². The molecule has 2 nitrogen and oxygen atoms in total. The molecule has 1 fully saturated rings. The average molecular weight is 259 g/mol. The summed E-state index contributed by atoms with van der Waals surface area (Å²) < 4.78 is 5.92. The molecule has 2 unspecified atom stereocenters. The SMILES string of the molecule is CCC1(C)CC(Nc2ccc3c(c2)CCC3)CCO1. The predicted molar refractivity (Wildman–Crippen MR) is 79.8 cm³/mol. The fourth-order valence-corrected chi connectivity index (χ4v) is 3.40. The molecule has 2 aliphatic rings. The van der Waals surface area contributed by atoms with E-state index < -0.39 is 0 Å². The molecular formula is C17H25NO. The largest absolute Gasteiger partial charge is 0.382 e. The lowest BCUT2D eigenvalue weighted by molar-refractivity contribution is -0.0708. The van der Waals surface area contributed by atoms with Crippen LogP contribution in [0.1, 0.15) is 50.7 Å². The first-order valence-corrected chi connectivity index (χ1v) is 7.71. The molecule has 0 bridgehead atoms. The Bertz CT molecular complexity index is 457. The highest BCUT2D eigenvalue weighted by atomic mass is 16.5. The molecule has 0 radical (unpaired) electrons. The number of anilines is 1. The summed E-state index contributed by atoms with van der Waals surface area (Å²) in [6.45, 7) is 5.34. The van der Waals surface area contributed by atoms with Gasteiger partial charge in [-0.3, -0.25) is 0 Å². The third-order valence-corrected chi connectivity index (χ3v) is 4.81. The van der Waals surface area contributed by atoms with E-state index in [1.165, 1.54) is 24.9 Å². The van der Waals surface area contributed by atoms with Crippen LogP contribution in [0.15, 0.2) is 18.2 Å². The van der Waals surface area contributed by atoms with Crippen LogP contribution in [0.2, 0.25) is 0 Å². The third-order valence-electron chi connectivity index (χ3n) is 4.81. The molecule has 3 rings (SSSR count). The second-order valence-corrected chi connectivity index (χ2v) is 6.32. The average Bonchev–Trinajstić information content (AvgIpc) is 2.86. The molecule has 19 heavy (non-hydrogen) atoms. The van der Waals surface area contributed by atoms with Crippen molar-refractivity contribution in [2.45, 2.75) is 64.0 Å². The molecule has 2 heteroatoms. The Morgan fingerprint density at radius 3 is 3.00 bits per heavy atom. The minimum Gasteiger partial charge on any atom is -0.382 e. The van der Waals surface area contributed by atoms with Crippen LogP contribution in [0.4, 0.5) is 5.69 Å². The molecule has 1 aromatic rings. The molecule has 2 atom stereocenters. The number of hydrogen-bond acceptors (Lipinski definition) is 2. The Morgan fingerprint density at radius 1 is 1.32 bits per heavy atom. The van der Waals surface area contributed by atoms with Crippen molar-refractivity contribution in [3.05, 3.63) is 29.3 Å². The first-order chi connectivity index (χ1) is 9.18. The molecule has 1 aliphatic carbocycles. The van der Waals surface area contributed by atoms with E-state index in [1.54, 1.807) is 11.1 Å². The Labute approximate surface area is 116 Å². The van der Waals surface area contributed by atoms with Crippen LogP contribution >= 0.6 is 0 Å². The number of nitrogens with one attached hydrogen (secondary N) is 1. The van der Waals surface area contributed by atoms with Gasteiger partial charge in [0, 0.05) is 18.3 Å². The minimum atomic E-state index is 0.0621. The van der Waals surface area contributed by atoms with E-state index in [9.17, 15) is 0 Å². The van der Waals surface area contributed by atoms with Crippen molar-refractivity contribution in [2.75, 3.05) is 11.9 Å². The van der Waals surface area contributed by atoms with Gasteiger partial charge < -0.3 is 10.1 Å². The summed E-state index contributed by atoms with van der Waals surface area (Å²) in [6.07, 6.45) is 7.17. The maximum Gasteiger partial charge on any atom is 0.0671 e. The van der Waals surface area contributed by atoms with E-state index in [1.807, 2.05) is 0 Å². The summed E-state index contributed by atoms with van der Waals surface area (Å²) >= 11 is 0. The Kier molecular flexibility index (Phi) is 3.53. The summed E-state index contributed by atoms with van der Waals surface area (Å²) in [5.74, 6) is 0. The van der Waals surface area contributed by atoms with Crippen LogP contribution in [-0.2, 0) is 17.6 Å². The maximum absolute atomic E-state index is 5.92. The smallest absolute Gasteiger partial charge is 0.0671 e. The van der Waals surface area contributed by atoms with E-state index in [0.29, 0.717) is 6.04 Å². The fourth-order valence-electron chi connectivity index (χ4n) is 3.40. The third kappa shape index (κ3) is 2.79. The molecule has 104 valence electrons. The van der Waals surface area contributed by atoms with Crippen molar-refractivity contribution in [1.29, 1.82) is 0 Å².